The van der Waals surface area contributed by atoms with Crippen LogP contribution in [0.4, 0.5) is 10.1 Å². The van der Waals surface area contributed by atoms with E-state index in [9.17, 15) is 18.8 Å². The Balaban J connectivity index is 2.95. The van der Waals surface area contributed by atoms with E-state index in [0.717, 1.165) is 11.0 Å². The third-order valence-corrected chi connectivity index (χ3v) is 2.83. The number of hydrogen-bond acceptors (Lipinski definition) is 3. The van der Waals surface area contributed by atoms with Gasteiger partial charge in [-0.2, -0.15) is 0 Å². The highest BCUT2D eigenvalue weighted by atomic mass is 19.1. The molecule has 1 unspecified atom stereocenters. The molecule has 0 aliphatic heterocycles. The van der Waals surface area contributed by atoms with Crippen LogP contribution in [-0.2, 0) is 9.59 Å². The van der Waals surface area contributed by atoms with Gasteiger partial charge >= 0.3 is 5.97 Å². The summed E-state index contributed by atoms with van der Waals surface area (Å²) in [5, 5.41) is 11.3. The Morgan fingerprint density at radius 3 is 2.52 bits per heavy atom. The second-order valence-corrected chi connectivity index (χ2v) is 4.80. The van der Waals surface area contributed by atoms with Crippen LogP contribution in [0, 0.1) is 11.7 Å². The van der Waals surface area contributed by atoms with Gasteiger partial charge in [0.15, 0.2) is 0 Å². The summed E-state index contributed by atoms with van der Waals surface area (Å²) in [6.45, 7) is 2.71. The summed E-state index contributed by atoms with van der Waals surface area (Å²) in [7, 11) is 1.40. The Hall–Kier alpha value is -2.44. The predicted molar refractivity (Wildman–Crippen MR) is 74.5 cm³/mol. The Morgan fingerprint density at radius 1 is 1.38 bits per heavy atom. The summed E-state index contributed by atoms with van der Waals surface area (Å²) < 4.78 is 13.7. The number of halogens is 1. The highest BCUT2D eigenvalue weighted by Crippen LogP contribution is 2.17. The Morgan fingerprint density at radius 2 is 2.00 bits per heavy atom. The molecule has 1 rings (SSSR count). The van der Waals surface area contributed by atoms with Gasteiger partial charge in [0.05, 0.1) is 11.5 Å². The van der Waals surface area contributed by atoms with E-state index in [-0.39, 0.29) is 18.0 Å². The lowest BCUT2D eigenvalue weighted by molar-refractivity contribution is -0.141. The van der Waals surface area contributed by atoms with Gasteiger partial charge in [0.1, 0.15) is 5.82 Å². The summed E-state index contributed by atoms with van der Waals surface area (Å²) in [6, 6.07) is 3.64. The van der Waals surface area contributed by atoms with Crippen molar-refractivity contribution in [3.05, 3.63) is 29.6 Å². The molecule has 0 spiro atoms. The van der Waals surface area contributed by atoms with Crippen LogP contribution in [0.5, 0.6) is 0 Å². The largest absolute Gasteiger partial charge is 0.481 e. The lowest BCUT2D eigenvalue weighted by Crippen LogP contribution is -2.34. The van der Waals surface area contributed by atoms with Crippen LogP contribution in [0.15, 0.2) is 18.2 Å². The van der Waals surface area contributed by atoms with Crippen LogP contribution in [0.25, 0.3) is 0 Å². The molecule has 1 aromatic rings. The number of carboxylic acids is 1. The monoisotopic (exact) mass is 296 g/mol. The van der Waals surface area contributed by atoms with E-state index >= 15 is 0 Å². The molecule has 1 atom stereocenters. The number of benzene rings is 1. The van der Waals surface area contributed by atoms with Gasteiger partial charge in [-0.25, -0.2) is 4.39 Å². The van der Waals surface area contributed by atoms with E-state index in [2.05, 4.69) is 5.32 Å². The summed E-state index contributed by atoms with van der Waals surface area (Å²) in [4.78, 5) is 35.0. The maximum absolute atomic E-state index is 13.7. The van der Waals surface area contributed by atoms with Crippen molar-refractivity contribution in [2.45, 2.75) is 13.8 Å². The second-order valence-electron chi connectivity index (χ2n) is 4.80. The molecule has 2 N–H and O–H groups in total. The zero-order chi connectivity index (χ0) is 16.2. The highest BCUT2D eigenvalue weighted by Gasteiger charge is 2.21. The molecule has 0 saturated heterocycles. The topological polar surface area (TPSA) is 86.7 Å². The Kier molecular flexibility index (Phi) is 5.40. The van der Waals surface area contributed by atoms with E-state index in [1.807, 2.05) is 0 Å². The van der Waals surface area contributed by atoms with Gasteiger partial charge in [0.2, 0.25) is 5.91 Å². The van der Waals surface area contributed by atoms with Crippen LogP contribution in [0.3, 0.4) is 0 Å². The molecular formula is C14H17FN2O4. The zero-order valence-electron chi connectivity index (χ0n) is 12.0. The minimum absolute atomic E-state index is 0.0437. The van der Waals surface area contributed by atoms with Gasteiger partial charge < -0.3 is 15.3 Å². The van der Waals surface area contributed by atoms with Gasteiger partial charge in [-0.15, -0.1) is 0 Å². The quantitative estimate of drug-likeness (QED) is 0.863. The average molecular weight is 296 g/mol. The zero-order valence-corrected chi connectivity index (χ0v) is 12.0. The van der Waals surface area contributed by atoms with Crippen LogP contribution >= 0.6 is 0 Å². The fraction of sp³-hybridized carbons (Fsp3) is 0.357. The van der Waals surface area contributed by atoms with Crippen molar-refractivity contribution in [2.24, 2.45) is 5.92 Å². The minimum atomic E-state index is -1.04. The van der Waals surface area contributed by atoms with Crippen molar-refractivity contribution >= 4 is 23.5 Å². The van der Waals surface area contributed by atoms with Gasteiger partial charge in [-0.3, -0.25) is 14.4 Å². The number of amides is 2. The highest BCUT2D eigenvalue weighted by molar-refractivity contribution is 5.97. The molecule has 0 saturated carbocycles. The first-order chi connectivity index (χ1) is 9.72. The SMILES string of the molecule is CC(=O)Nc1ccc(F)c(C(=O)N(C)CC(C)C(=O)O)c1. The van der Waals surface area contributed by atoms with Gasteiger partial charge in [-0.05, 0) is 18.2 Å². The van der Waals surface area contributed by atoms with E-state index in [0.29, 0.717) is 5.69 Å². The molecule has 0 radical (unpaired) electrons. The number of carbonyl (C=O) groups is 3. The average Bonchev–Trinajstić information content (AvgIpc) is 2.39. The van der Waals surface area contributed by atoms with Crippen LogP contribution in [0.1, 0.15) is 24.2 Å². The molecular weight excluding hydrogens is 279 g/mol. The Bertz CT molecular complexity index is 574. The molecule has 0 heterocycles. The van der Waals surface area contributed by atoms with E-state index in [4.69, 9.17) is 5.11 Å². The molecule has 0 aromatic heterocycles. The van der Waals surface area contributed by atoms with Gasteiger partial charge in [-0.1, -0.05) is 6.92 Å². The molecule has 0 fully saturated rings. The molecule has 7 heteroatoms. The number of aliphatic carboxylic acids is 1. The number of nitrogens with zero attached hydrogens (tertiary/aromatic N) is 1. The third kappa shape index (κ3) is 4.55. The van der Waals surface area contributed by atoms with Crippen LogP contribution in [-0.4, -0.2) is 41.4 Å². The predicted octanol–water partition coefficient (Wildman–Crippen LogP) is 1.58. The smallest absolute Gasteiger partial charge is 0.308 e. The van der Waals surface area contributed by atoms with Crippen LogP contribution in [0.2, 0.25) is 0 Å². The summed E-state index contributed by atoms with van der Waals surface area (Å²) in [6.07, 6.45) is 0. The molecule has 6 nitrogen and oxygen atoms in total. The first kappa shape index (κ1) is 16.6. The van der Waals surface area contributed by atoms with E-state index in [1.165, 1.54) is 33.0 Å². The fourth-order valence-electron chi connectivity index (χ4n) is 1.75. The van der Waals surface area contributed by atoms with Crippen molar-refractivity contribution in [3.63, 3.8) is 0 Å². The van der Waals surface area contributed by atoms with Crippen molar-refractivity contribution in [3.8, 4) is 0 Å². The number of carbonyl (C=O) groups excluding carboxylic acids is 2. The molecule has 0 aliphatic carbocycles. The molecule has 114 valence electrons. The lowest BCUT2D eigenvalue weighted by Gasteiger charge is -2.20. The van der Waals surface area contributed by atoms with Crippen molar-refractivity contribution in [2.75, 3.05) is 18.9 Å². The molecule has 2 amide bonds. The standard InChI is InChI=1S/C14H17FN2O4/c1-8(14(20)21)7-17(3)13(19)11-6-10(16-9(2)18)4-5-12(11)15/h4-6,8H,7H2,1-3H3,(H,16,18)(H,20,21). The summed E-state index contributed by atoms with van der Waals surface area (Å²) >= 11 is 0. The molecule has 21 heavy (non-hydrogen) atoms. The maximum Gasteiger partial charge on any atom is 0.308 e. The van der Waals surface area contributed by atoms with Crippen molar-refractivity contribution in [1.29, 1.82) is 0 Å². The maximum atomic E-state index is 13.7. The lowest BCUT2D eigenvalue weighted by atomic mass is 10.1. The molecule has 0 aliphatic rings. The first-order valence-electron chi connectivity index (χ1n) is 6.27. The number of anilines is 1. The van der Waals surface area contributed by atoms with Crippen LogP contribution < -0.4 is 5.32 Å². The summed E-state index contributed by atoms with van der Waals surface area (Å²) in [5.41, 5.74) is 0.0771. The number of nitrogens with one attached hydrogen (secondary N) is 1. The number of carboxylic acid groups (broad SMARTS) is 1. The third-order valence-electron chi connectivity index (χ3n) is 2.83. The first-order valence-corrected chi connectivity index (χ1v) is 6.27. The van der Waals surface area contributed by atoms with Crippen molar-refractivity contribution in [1.82, 2.24) is 4.90 Å². The van der Waals surface area contributed by atoms with E-state index in [1.54, 1.807) is 0 Å². The fourth-order valence-corrected chi connectivity index (χ4v) is 1.75. The molecule has 1 aromatic carbocycles. The number of rotatable bonds is 5. The van der Waals surface area contributed by atoms with Gasteiger partial charge in [0, 0.05) is 26.2 Å². The minimum Gasteiger partial charge on any atom is -0.481 e. The second kappa shape index (κ2) is 6.83. The number of hydrogen-bond donors (Lipinski definition) is 2. The normalized spacial score (nSPS) is 11.6. The van der Waals surface area contributed by atoms with Crippen molar-refractivity contribution < 1.29 is 23.9 Å². The molecule has 0 bridgehead atoms. The van der Waals surface area contributed by atoms with E-state index < -0.39 is 23.6 Å². The summed E-state index contributed by atoms with van der Waals surface area (Å²) in [5.74, 6) is -3.52. The Labute approximate surface area is 121 Å². The van der Waals surface area contributed by atoms with Gasteiger partial charge in [0.25, 0.3) is 5.91 Å².